The van der Waals surface area contributed by atoms with Crippen LogP contribution in [0.15, 0.2) is 48.0 Å². The molecular weight excluding hydrogens is 410 g/mol. The van der Waals surface area contributed by atoms with Crippen LogP contribution in [0.2, 0.25) is 0 Å². The largest absolute Gasteiger partial charge is 0.508 e. The summed E-state index contributed by atoms with van der Waals surface area (Å²) in [7, 11) is 1.57. The van der Waals surface area contributed by atoms with Gasteiger partial charge in [0.1, 0.15) is 17.3 Å². The standard InChI is InChI=1S/C25H29NO6/c1-15(2)32-20-10-9-18(13-16(20)3)23(28)21-22(17-7-5-8-19(27)14-17)26(11-6-12-31-4)25(30)24(21)29/h5,7-10,13-15,22,27-28H,6,11-12H2,1-4H3/b23-21-. The number of likely N-dealkylation sites (tertiary alicyclic amines) is 1. The number of hydrogen-bond acceptors (Lipinski definition) is 6. The van der Waals surface area contributed by atoms with Gasteiger partial charge < -0.3 is 24.6 Å². The molecule has 0 saturated carbocycles. The number of aryl methyl sites for hydroxylation is 1. The van der Waals surface area contributed by atoms with Gasteiger partial charge >= 0.3 is 0 Å². The van der Waals surface area contributed by atoms with E-state index in [4.69, 9.17) is 9.47 Å². The first-order chi connectivity index (χ1) is 15.2. The van der Waals surface area contributed by atoms with Crippen molar-refractivity contribution >= 4 is 17.4 Å². The molecule has 2 N–H and O–H groups in total. The maximum absolute atomic E-state index is 13.0. The molecule has 0 bridgehead atoms. The molecule has 1 amide bonds. The molecule has 0 radical (unpaired) electrons. The fourth-order valence-electron chi connectivity index (χ4n) is 3.87. The number of aromatic hydroxyl groups is 1. The number of phenolic OH excluding ortho intramolecular Hbond substituents is 1. The molecule has 1 saturated heterocycles. The van der Waals surface area contributed by atoms with Crippen molar-refractivity contribution in [2.45, 2.75) is 39.3 Å². The molecule has 0 aromatic heterocycles. The van der Waals surface area contributed by atoms with Gasteiger partial charge in [0.15, 0.2) is 0 Å². The van der Waals surface area contributed by atoms with Crippen LogP contribution in [0.3, 0.4) is 0 Å². The predicted octanol–water partition coefficient (Wildman–Crippen LogP) is 3.95. The summed E-state index contributed by atoms with van der Waals surface area (Å²) in [6.07, 6.45) is 0.524. The van der Waals surface area contributed by atoms with E-state index in [9.17, 15) is 19.8 Å². The Kier molecular flexibility index (Phi) is 7.20. The van der Waals surface area contributed by atoms with E-state index in [1.807, 2.05) is 20.8 Å². The molecule has 1 aliphatic heterocycles. The highest BCUT2D eigenvalue weighted by Gasteiger charge is 2.45. The smallest absolute Gasteiger partial charge is 0.295 e. The Bertz CT molecular complexity index is 1040. The quantitative estimate of drug-likeness (QED) is 0.280. The van der Waals surface area contributed by atoms with Crippen LogP contribution in [0, 0.1) is 6.92 Å². The number of Topliss-reactive ketones (excluding diaryl/α,β-unsaturated/α-hetero) is 1. The first-order valence-corrected chi connectivity index (χ1v) is 10.6. The van der Waals surface area contributed by atoms with Crippen LogP contribution in [-0.2, 0) is 14.3 Å². The minimum atomic E-state index is -0.814. The van der Waals surface area contributed by atoms with Crippen molar-refractivity contribution in [1.82, 2.24) is 4.90 Å². The number of benzene rings is 2. The molecule has 2 aromatic carbocycles. The minimum absolute atomic E-state index is 0.00340. The second-order valence-corrected chi connectivity index (χ2v) is 8.08. The lowest BCUT2D eigenvalue weighted by Crippen LogP contribution is -2.31. The van der Waals surface area contributed by atoms with Gasteiger partial charge in [0.25, 0.3) is 11.7 Å². The van der Waals surface area contributed by atoms with E-state index in [2.05, 4.69) is 0 Å². The van der Waals surface area contributed by atoms with Crippen molar-refractivity contribution in [1.29, 1.82) is 0 Å². The van der Waals surface area contributed by atoms with Crippen molar-refractivity contribution in [2.24, 2.45) is 0 Å². The third-order valence-corrected chi connectivity index (χ3v) is 5.28. The van der Waals surface area contributed by atoms with Crippen LogP contribution < -0.4 is 4.74 Å². The summed E-state index contributed by atoms with van der Waals surface area (Å²) in [5, 5.41) is 21.1. The van der Waals surface area contributed by atoms with E-state index in [-0.39, 0.29) is 29.7 Å². The SMILES string of the molecule is COCCCN1C(=O)C(=O)/C(=C(\O)c2ccc(OC(C)C)c(C)c2)C1c1cccc(O)c1. The number of carbonyl (C=O) groups is 2. The molecule has 0 aliphatic carbocycles. The zero-order chi connectivity index (χ0) is 23.4. The number of phenols is 1. The third kappa shape index (κ3) is 4.78. The Morgan fingerprint density at radius 3 is 2.53 bits per heavy atom. The summed E-state index contributed by atoms with van der Waals surface area (Å²) >= 11 is 0. The number of carbonyl (C=O) groups excluding carboxylic acids is 2. The molecule has 1 unspecified atom stereocenters. The molecule has 7 nitrogen and oxygen atoms in total. The fourth-order valence-corrected chi connectivity index (χ4v) is 3.87. The topological polar surface area (TPSA) is 96.3 Å². The average Bonchev–Trinajstić information content (AvgIpc) is 2.99. The summed E-state index contributed by atoms with van der Waals surface area (Å²) in [4.78, 5) is 27.3. The molecule has 1 fully saturated rings. The lowest BCUT2D eigenvalue weighted by Gasteiger charge is -2.25. The normalized spacial score (nSPS) is 17.9. The summed E-state index contributed by atoms with van der Waals surface area (Å²) in [6.45, 7) is 6.40. The number of amides is 1. The number of methoxy groups -OCH3 is 1. The van der Waals surface area contributed by atoms with Gasteiger partial charge in [-0.1, -0.05) is 12.1 Å². The van der Waals surface area contributed by atoms with Gasteiger partial charge in [0, 0.05) is 25.8 Å². The van der Waals surface area contributed by atoms with E-state index < -0.39 is 17.7 Å². The molecule has 170 valence electrons. The lowest BCUT2D eigenvalue weighted by molar-refractivity contribution is -0.140. The fraction of sp³-hybridized carbons (Fsp3) is 0.360. The van der Waals surface area contributed by atoms with E-state index in [0.717, 1.165) is 5.56 Å². The Morgan fingerprint density at radius 1 is 1.16 bits per heavy atom. The van der Waals surface area contributed by atoms with Crippen molar-refractivity contribution in [3.63, 3.8) is 0 Å². The van der Waals surface area contributed by atoms with Gasteiger partial charge in [-0.05, 0) is 68.7 Å². The zero-order valence-corrected chi connectivity index (χ0v) is 18.8. The number of ether oxygens (including phenoxy) is 2. The maximum Gasteiger partial charge on any atom is 0.295 e. The van der Waals surface area contributed by atoms with E-state index in [0.29, 0.717) is 29.9 Å². The summed E-state index contributed by atoms with van der Waals surface area (Å²) in [5.74, 6) is -1.01. The number of nitrogens with zero attached hydrogens (tertiary/aromatic N) is 1. The van der Waals surface area contributed by atoms with Gasteiger partial charge in [-0.3, -0.25) is 9.59 Å². The van der Waals surface area contributed by atoms with Crippen molar-refractivity contribution < 1.29 is 29.3 Å². The number of rotatable bonds is 8. The second kappa shape index (κ2) is 9.87. The predicted molar refractivity (Wildman–Crippen MR) is 121 cm³/mol. The van der Waals surface area contributed by atoms with Gasteiger partial charge in [-0.2, -0.15) is 0 Å². The monoisotopic (exact) mass is 439 g/mol. The first kappa shape index (κ1) is 23.3. The van der Waals surface area contributed by atoms with Crippen molar-refractivity contribution in [3.8, 4) is 11.5 Å². The summed E-state index contributed by atoms with van der Waals surface area (Å²) in [6, 6.07) is 10.7. The van der Waals surface area contributed by atoms with Crippen LogP contribution >= 0.6 is 0 Å². The van der Waals surface area contributed by atoms with Crippen LogP contribution in [0.1, 0.15) is 43.0 Å². The van der Waals surface area contributed by atoms with Gasteiger partial charge in [0.2, 0.25) is 0 Å². The van der Waals surface area contributed by atoms with Crippen LogP contribution in [0.4, 0.5) is 0 Å². The average molecular weight is 440 g/mol. The molecule has 1 heterocycles. The van der Waals surface area contributed by atoms with E-state index >= 15 is 0 Å². The second-order valence-electron chi connectivity index (χ2n) is 8.08. The Labute approximate surface area is 187 Å². The molecule has 1 atom stereocenters. The number of ketones is 1. The summed E-state index contributed by atoms with van der Waals surface area (Å²) < 4.78 is 10.8. The van der Waals surface area contributed by atoms with Crippen LogP contribution in [-0.4, -0.2) is 53.2 Å². The molecule has 1 aliphatic rings. The van der Waals surface area contributed by atoms with Gasteiger partial charge in [0.05, 0.1) is 17.7 Å². The van der Waals surface area contributed by atoms with E-state index in [1.165, 1.54) is 17.0 Å². The molecule has 3 rings (SSSR count). The lowest BCUT2D eigenvalue weighted by atomic mass is 9.94. The Balaban J connectivity index is 2.10. The van der Waals surface area contributed by atoms with Crippen LogP contribution in [0.5, 0.6) is 11.5 Å². The highest BCUT2D eigenvalue weighted by molar-refractivity contribution is 6.46. The van der Waals surface area contributed by atoms with Crippen LogP contribution in [0.25, 0.3) is 5.76 Å². The van der Waals surface area contributed by atoms with Crippen molar-refractivity contribution in [2.75, 3.05) is 20.3 Å². The molecule has 7 heteroatoms. The highest BCUT2D eigenvalue weighted by atomic mass is 16.5. The Morgan fingerprint density at radius 2 is 1.91 bits per heavy atom. The van der Waals surface area contributed by atoms with E-state index in [1.54, 1.807) is 37.4 Å². The van der Waals surface area contributed by atoms with Gasteiger partial charge in [-0.25, -0.2) is 0 Å². The molecular formula is C25H29NO6. The number of hydrogen-bond donors (Lipinski definition) is 2. The zero-order valence-electron chi connectivity index (χ0n) is 18.8. The molecule has 0 spiro atoms. The first-order valence-electron chi connectivity index (χ1n) is 10.6. The Hall–Kier alpha value is -3.32. The maximum atomic E-state index is 13.0. The summed E-state index contributed by atoms with van der Waals surface area (Å²) in [5.41, 5.74) is 1.75. The third-order valence-electron chi connectivity index (χ3n) is 5.28. The highest BCUT2D eigenvalue weighted by Crippen LogP contribution is 2.40. The number of aliphatic hydroxyl groups excluding tert-OH is 1. The van der Waals surface area contributed by atoms with Crippen molar-refractivity contribution in [3.05, 3.63) is 64.7 Å². The minimum Gasteiger partial charge on any atom is -0.508 e. The van der Waals surface area contributed by atoms with Gasteiger partial charge in [-0.15, -0.1) is 0 Å². The molecule has 32 heavy (non-hydrogen) atoms. The number of aliphatic hydroxyl groups is 1. The molecule has 2 aromatic rings.